The van der Waals surface area contributed by atoms with Crippen LogP contribution in [0.3, 0.4) is 0 Å². The van der Waals surface area contributed by atoms with Gasteiger partial charge in [-0.05, 0) is 18.1 Å². The number of aromatic nitrogens is 2. The van der Waals surface area contributed by atoms with E-state index in [1.165, 1.54) is 5.56 Å². The van der Waals surface area contributed by atoms with Gasteiger partial charge in [-0.2, -0.15) is 4.98 Å². The molecule has 2 rings (SSSR count). The van der Waals surface area contributed by atoms with E-state index >= 15 is 0 Å². The lowest BCUT2D eigenvalue weighted by Gasteiger charge is -2.00. The fourth-order valence-electron chi connectivity index (χ4n) is 1.78. The average Bonchev–Trinajstić information content (AvgIpc) is 2.86. The first-order valence-corrected chi connectivity index (χ1v) is 7.87. The van der Waals surface area contributed by atoms with Crippen molar-refractivity contribution in [2.75, 3.05) is 19.5 Å². The Balaban J connectivity index is 1.96. The molecule has 0 saturated carbocycles. The molecule has 0 aliphatic rings. The zero-order valence-corrected chi connectivity index (χ0v) is 12.5. The summed E-state index contributed by atoms with van der Waals surface area (Å²) in [6.07, 6.45) is 0.602. The van der Waals surface area contributed by atoms with Crippen LogP contribution in [0.2, 0.25) is 0 Å². The predicted molar refractivity (Wildman–Crippen MR) is 76.9 cm³/mol. The van der Waals surface area contributed by atoms with Crippen molar-refractivity contribution in [2.24, 2.45) is 0 Å². The Labute approximate surface area is 120 Å². The number of rotatable bonds is 7. The molecule has 0 amide bonds. The van der Waals surface area contributed by atoms with Crippen LogP contribution in [0.15, 0.2) is 28.8 Å². The second-order valence-corrected chi connectivity index (χ2v) is 6.07. The van der Waals surface area contributed by atoms with Gasteiger partial charge in [-0.25, -0.2) is 0 Å². The first-order chi connectivity index (χ1) is 9.69. The number of benzene rings is 1. The minimum atomic E-state index is -1.02. The largest absolute Gasteiger partial charge is 0.384 e. The second kappa shape index (κ2) is 7.31. The number of aryl methyl sites for hydroxylation is 1. The Kier molecular flexibility index (Phi) is 5.43. The number of hydrogen-bond donors (Lipinski definition) is 0. The highest BCUT2D eigenvalue weighted by atomic mass is 32.2. The van der Waals surface area contributed by atoms with Crippen molar-refractivity contribution in [1.29, 1.82) is 0 Å². The Morgan fingerprint density at radius 2 is 2.15 bits per heavy atom. The van der Waals surface area contributed by atoms with Crippen molar-refractivity contribution >= 4 is 10.8 Å². The molecule has 0 aliphatic carbocycles. The zero-order chi connectivity index (χ0) is 14.4. The van der Waals surface area contributed by atoms with E-state index in [0.29, 0.717) is 36.2 Å². The summed E-state index contributed by atoms with van der Waals surface area (Å²) in [5.74, 6) is 1.83. The van der Waals surface area contributed by atoms with E-state index in [0.717, 1.165) is 5.56 Å². The molecule has 20 heavy (non-hydrogen) atoms. The molecule has 1 atom stereocenters. The normalized spacial score (nSPS) is 12.5. The van der Waals surface area contributed by atoms with E-state index < -0.39 is 10.8 Å². The van der Waals surface area contributed by atoms with Crippen LogP contribution >= 0.6 is 0 Å². The highest BCUT2D eigenvalue weighted by molar-refractivity contribution is 7.84. The molecule has 0 spiro atoms. The highest BCUT2D eigenvalue weighted by Gasteiger charge is 2.11. The van der Waals surface area contributed by atoms with Crippen molar-refractivity contribution in [2.45, 2.75) is 19.1 Å². The molecule has 1 unspecified atom stereocenters. The Morgan fingerprint density at radius 3 is 2.90 bits per heavy atom. The van der Waals surface area contributed by atoms with Gasteiger partial charge in [-0.1, -0.05) is 29.4 Å². The van der Waals surface area contributed by atoms with Crippen molar-refractivity contribution < 1.29 is 13.5 Å². The van der Waals surface area contributed by atoms with Crippen molar-refractivity contribution in [3.63, 3.8) is 0 Å². The molecule has 6 heteroatoms. The third-order valence-corrected chi connectivity index (χ3v) is 4.12. The summed E-state index contributed by atoms with van der Waals surface area (Å²) in [5.41, 5.74) is 2.35. The summed E-state index contributed by atoms with van der Waals surface area (Å²) in [6, 6.07) is 8.07. The molecule has 2 aromatic rings. The Hall–Kier alpha value is -1.53. The van der Waals surface area contributed by atoms with E-state index in [1.807, 2.05) is 31.2 Å². The molecule has 0 saturated heterocycles. The second-order valence-electron chi connectivity index (χ2n) is 4.49. The summed E-state index contributed by atoms with van der Waals surface area (Å²) in [7, 11) is 0.571. The van der Waals surface area contributed by atoms with Gasteiger partial charge in [-0.3, -0.25) is 4.21 Å². The van der Waals surface area contributed by atoms with Gasteiger partial charge >= 0.3 is 0 Å². The van der Waals surface area contributed by atoms with E-state index in [2.05, 4.69) is 10.1 Å². The molecule has 1 heterocycles. The lowest BCUT2D eigenvalue weighted by molar-refractivity contribution is 0.218. The number of hydrogen-bond acceptors (Lipinski definition) is 5. The number of nitrogens with zero attached hydrogens (tertiary/aromatic N) is 2. The number of ether oxygens (including phenoxy) is 1. The van der Waals surface area contributed by atoms with Gasteiger partial charge in [0.1, 0.15) is 0 Å². The van der Waals surface area contributed by atoms with Crippen molar-refractivity contribution in [3.8, 4) is 0 Å². The van der Waals surface area contributed by atoms with Crippen LogP contribution in [0, 0.1) is 6.92 Å². The summed E-state index contributed by atoms with van der Waals surface area (Å²) >= 11 is 0. The minimum Gasteiger partial charge on any atom is -0.384 e. The van der Waals surface area contributed by atoms with E-state index in [9.17, 15) is 4.21 Å². The highest BCUT2D eigenvalue weighted by Crippen LogP contribution is 2.12. The van der Waals surface area contributed by atoms with Crippen LogP contribution in [0.5, 0.6) is 0 Å². The molecule has 1 aromatic heterocycles. The van der Waals surface area contributed by atoms with Crippen molar-refractivity contribution in [3.05, 3.63) is 47.1 Å². The summed E-state index contributed by atoms with van der Waals surface area (Å²) in [5, 5.41) is 3.87. The average molecular weight is 294 g/mol. The SMILES string of the molecule is COCCS(=O)Cc1noc(Cc2ccccc2C)n1. The first-order valence-electron chi connectivity index (χ1n) is 6.39. The molecule has 0 aliphatic heterocycles. The van der Waals surface area contributed by atoms with Crippen LogP contribution < -0.4 is 0 Å². The standard InChI is InChI=1S/C14H18N2O3S/c1-11-5-3-4-6-12(11)9-14-15-13(16-19-14)10-20(17)8-7-18-2/h3-6H,7-10H2,1-2H3. The molecule has 0 bridgehead atoms. The molecule has 0 fully saturated rings. The third kappa shape index (κ3) is 4.25. The molecule has 1 aromatic carbocycles. The van der Waals surface area contributed by atoms with Crippen LogP contribution in [0.1, 0.15) is 22.8 Å². The summed E-state index contributed by atoms with van der Waals surface area (Å²) < 4.78 is 21.8. The molecular formula is C14H18N2O3S. The molecule has 5 nitrogen and oxygen atoms in total. The van der Waals surface area contributed by atoms with Gasteiger partial charge in [0.2, 0.25) is 5.89 Å². The summed E-state index contributed by atoms with van der Waals surface area (Å²) in [4.78, 5) is 4.28. The summed E-state index contributed by atoms with van der Waals surface area (Å²) in [6.45, 7) is 2.52. The maximum Gasteiger partial charge on any atom is 0.231 e. The maximum absolute atomic E-state index is 11.7. The minimum absolute atomic E-state index is 0.306. The molecule has 0 N–H and O–H groups in total. The van der Waals surface area contributed by atoms with Gasteiger partial charge in [0.05, 0.1) is 18.8 Å². The van der Waals surface area contributed by atoms with Gasteiger partial charge in [-0.15, -0.1) is 0 Å². The van der Waals surface area contributed by atoms with E-state index in [-0.39, 0.29) is 0 Å². The first kappa shape index (κ1) is 14.9. The quantitative estimate of drug-likeness (QED) is 0.780. The maximum atomic E-state index is 11.7. The fraction of sp³-hybridized carbons (Fsp3) is 0.429. The van der Waals surface area contributed by atoms with Gasteiger partial charge in [0, 0.05) is 23.7 Å². The Morgan fingerprint density at radius 1 is 1.35 bits per heavy atom. The number of methoxy groups -OCH3 is 1. The Bertz CT molecular complexity index is 583. The fourth-order valence-corrected chi connectivity index (χ4v) is 2.69. The smallest absolute Gasteiger partial charge is 0.231 e. The lowest BCUT2D eigenvalue weighted by Crippen LogP contribution is -2.07. The van der Waals surface area contributed by atoms with Gasteiger partial charge in [0.15, 0.2) is 5.82 Å². The third-order valence-electron chi connectivity index (χ3n) is 2.92. The van der Waals surface area contributed by atoms with E-state index in [1.54, 1.807) is 7.11 Å². The topological polar surface area (TPSA) is 65.2 Å². The monoisotopic (exact) mass is 294 g/mol. The zero-order valence-electron chi connectivity index (χ0n) is 11.7. The van der Waals surface area contributed by atoms with Gasteiger partial charge in [0.25, 0.3) is 0 Å². The van der Waals surface area contributed by atoms with Crippen LogP contribution in [-0.2, 0) is 27.7 Å². The molecule has 0 radical (unpaired) electrons. The van der Waals surface area contributed by atoms with E-state index in [4.69, 9.17) is 9.26 Å². The van der Waals surface area contributed by atoms with Crippen LogP contribution in [0.25, 0.3) is 0 Å². The van der Waals surface area contributed by atoms with Crippen molar-refractivity contribution in [1.82, 2.24) is 10.1 Å². The van der Waals surface area contributed by atoms with Crippen LogP contribution in [-0.4, -0.2) is 33.8 Å². The van der Waals surface area contributed by atoms with Crippen LogP contribution in [0.4, 0.5) is 0 Å². The lowest BCUT2D eigenvalue weighted by atomic mass is 10.1. The van der Waals surface area contributed by atoms with Gasteiger partial charge < -0.3 is 9.26 Å². The predicted octanol–water partition coefficient (Wildman–Crippen LogP) is 1.86. The molecular weight excluding hydrogens is 276 g/mol. The molecule has 108 valence electrons.